The van der Waals surface area contributed by atoms with Crippen LogP contribution >= 0.6 is 0 Å². The molecule has 0 spiro atoms. The first-order valence-electron chi connectivity index (χ1n) is 12.6. The van der Waals surface area contributed by atoms with E-state index in [0.29, 0.717) is 12.8 Å². The summed E-state index contributed by atoms with van der Waals surface area (Å²) in [6.45, 7) is 14.0. The fourth-order valence-corrected chi connectivity index (χ4v) is 8.68. The van der Waals surface area contributed by atoms with Crippen LogP contribution in [0.4, 0.5) is 0 Å². The van der Waals surface area contributed by atoms with Crippen LogP contribution in [0.25, 0.3) is 0 Å². The standard InChI is InChI=1S/C28H38O7/c1-14(29)23-20(35-16(3)31)12-26(6)21-10-9-17-18(28(21,8)22(32)13-27(23,26)7)11-19(34-15(2)30)24(33)25(17,4)5/h9,18-21,23H,10-13H2,1-8H3/t18-,19+,20-,21+,23+,26+,27-,28+/m1/s1. The summed E-state index contributed by atoms with van der Waals surface area (Å²) < 4.78 is 11.1. The fourth-order valence-electron chi connectivity index (χ4n) is 8.68. The van der Waals surface area contributed by atoms with E-state index in [1.54, 1.807) is 0 Å². The van der Waals surface area contributed by atoms with Crippen LogP contribution in [-0.2, 0) is 33.4 Å². The van der Waals surface area contributed by atoms with Crippen molar-refractivity contribution >= 4 is 29.3 Å². The molecule has 4 rings (SSSR count). The highest BCUT2D eigenvalue weighted by Gasteiger charge is 2.73. The first-order valence-corrected chi connectivity index (χ1v) is 12.6. The molecule has 0 amide bonds. The number of allylic oxidation sites excluding steroid dienone is 2. The van der Waals surface area contributed by atoms with E-state index >= 15 is 0 Å². The summed E-state index contributed by atoms with van der Waals surface area (Å²) in [5, 5.41) is 0. The first-order chi connectivity index (χ1) is 16.0. The van der Waals surface area contributed by atoms with Gasteiger partial charge in [0.25, 0.3) is 0 Å². The summed E-state index contributed by atoms with van der Waals surface area (Å²) in [5.74, 6) is -1.98. The number of rotatable bonds is 3. The molecule has 0 saturated heterocycles. The van der Waals surface area contributed by atoms with E-state index in [-0.39, 0.29) is 42.0 Å². The normalized spacial score (nSPS) is 43.9. The molecule has 3 saturated carbocycles. The summed E-state index contributed by atoms with van der Waals surface area (Å²) in [5.41, 5.74) is -1.79. The summed E-state index contributed by atoms with van der Waals surface area (Å²) >= 11 is 0. The molecule has 0 aromatic heterocycles. The van der Waals surface area contributed by atoms with Gasteiger partial charge in [-0.3, -0.25) is 24.0 Å². The lowest BCUT2D eigenvalue weighted by Crippen LogP contribution is -2.64. The Balaban J connectivity index is 1.85. The minimum atomic E-state index is -0.892. The number of Topliss-reactive ketones (excluding diaryl/α,β-unsaturated/α-hetero) is 3. The smallest absolute Gasteiger partial charge is 0.303 e. The highest BCUT2D eigenvalue weighted by molar-refractivity contribution is 5.96. The quantitative estimate of drug-likeness (QED) is 0.438. The van der Waals surface area contributed by atoms with Crippen LogP contribution in [0.15, 0.2) is 11.6 Å². The lowest BCUT2D eigenvalue weighted by Gasteiger charge is -2.63. The number of fused-ring (bicyclic) bond motifs is 5. The molecule has 35 heavy (non-hydrogen) atoms. The number of hydrogen-bond donors (Lipinski definition) is 0. The minimum Gasteiger partial charge on any atom is -0.462 e. The third-order valence-corrected chi connectivity index (χ3v) is 10.4. The molecule has 0 N–H and O–H groups in total. The molecule has 7 nitrogen and oxygen atoms in total. The van der Waals surface area contributed by atoms with Gasteiger partial charge in [0.1, 0.15) is 17.7 Å². The molecule has 3 fully saturated rings. The first kappa shape index (κ1) is 25.8. The number of carbonyl (C=O) groups is 5. The summed E-state index contributed by atoms with van der Waals surface area (Å²) in [6, 6.07) is 0. The third kappa shape index (κ3) is 3.32. The van der Waals surface area contributed by atoms with Crippen molar-refractivity contribution in [1.29, 1.82) is 0 Å². The highest BCUT2D eigenvalue weighted by Crippen LogP contribution is 2.73. The Morgan fingerprint density at radius 3 is 2.06 bits per heavy atom. The van der Waals surface area contributed by atoms with Gasteiger partial charge in [-0.2, -0.15) is 0 Å². The van der Waals surface area contributed by atoms with Gasteiger partial charge in [-0.15, -0.1) is 0 Å². The summed E-state index contributed by atoms with van der Waals surface area (Å²) in [7, 11) is 0. The van der Waals surface area contributed by atoms with Crippen LogP contribution in [0.1, 0.15) is 81.1 Å². The zero-order chi connectivity index (χ0) is 26.3. The van der Waals surface area contributed by atoms with Gasteiger partial charge in [-0.25, -0.2) is 0 Å². The molecule has 4 aliphatic rings. The molecule has 4 aliphatic carbocycles. The molecule has 7 heteroatoms. The van der Waals surface area contributed by atoms with Crippen LogP contribution in [0, 0.1) is 39.4 Å². The Labute approximate surface area is 207 Å². The molecule has 0 aromatic rings. The zero-order valence-corrected chi connectivity index (χ0v) is 22.2. The largest absolute Gasteiger partial charge is 0.462 e. The van der Waals surface area contributed by atoms with Crippen LogP contribution in [-0.4, -0.2) is 41.5 Å². The number of hydrogen-bond acceptors (Lipinski definition) is 7. The van der Waals surface area contributed by atoms with E-state index in [1.165, 1.54) is 20.8 Å². The maximum Gasteiger partial charge on any atom is 0.303 e. The topological polar surface area (TPSA) is 104 Å². The third-order valence-electron chi connectivity index (χ3n) is 10.4. The number of esters is 2. The van der Waals surface area contributed by atoms with E-state index in [1.807, 2.05) is 27.7 Å². The minimum absolute atomic E-state index is 0.0646. The molecule has 0 aliphatic heterocycles. The van der Waals surface area contributed by atoms with Crippen molar-refractivity contribution in [3.63, 3.8) is 0 Å². The van der Waals surface area contributed by atoms with Crippen molar-refractivity contribution in [1.82, 2.24) is 0 Å². The van der Waals surface area contributed by atoms with Crippen LogP contribution in [0.5, 0.6) is 0 Å². The maximum atomic E-state index is 14.2. The van der Waals surface area contributed by atoms with Gasteiger partial charge in [0.2, 0.25) is 0 Å². The Bertz CT molecular complexity index is 1050. The highest BCUT2D eigenvalue weighted by atomic mass is 16.5. The van der Waals surface area contributed by atoms with Crippen LogP contribution in [0.2, 0.25) is 0 Å². The Kier molecular flexibility index (Phi) is 5.78. The number of ketones is 3. The van der Waals surface area contributed by atoms with Gasteiger partial charge >= 0.3 is 11.9 Å². The van der Waals surface area contributed by atoms with Crippen molar-refractivity contribution in [2.45, 2.75) is 93.3 Å². The van der Waals surface area contributed by atoms with Gasteiger partial charge in [0, 0.05) is 31.1 Å². The van der Waals surface area contributed by atoms with Crippen molar-refractivity contribution < 1.29 is 33.4 Å². The van der Waals surface area contributed by atoms with E-state index in [9.17, 15) is 24.0 Å². The van der Waals surface area contributed by atoms with Gasteiger partial charge < -0.3 is 9.47 Å². The summed E-state index contributed by atoms with van der Waals surface area (Å²) in [6.07, 6.45) is 2.25. The van der Waals surface area contributed by atoms with Crippen molar-refractivity contribution in [3.8, 4) is 0 Å². The number of ether oxygens (including phenoxy) is 2. The van der Waals surface area contributed by atoms with Gasteiger partial charge in [0.05, 0.1) is 5.92 Å². The van der Waals surface area contributed by atoms with Gasteiger partial charge in [-0.05, 0) is 62.7 Å². The van der Waals surface area contributed by atoms with Gasteiger partial charge in [0.15, 0.2) is 11.9 Å². The Hall–Kier alpha value is -2.31. The maximum absolute atomic E-state index is 14.2. The molecular weight excluding hydrogens is 448 g/mol. The van der Waals surface area contributed by atoms with Gasteiger partial charge in [-0.1, -0.05) is 32.4 Å². The molecule has 0 aromatic carbocycles. The monoisotopic (exact) mass is 486 g/mol. The Morgan fingerprint density at radius 1 is 0.914 bits per heavy atom. The molecule has 0 bridgehead atoms. The Morgan fingerprint density at radius 2 is 1.51 bits per heavy atom. The molecule has 0 unspecified atom stereocenters. The van der Waals surface area contributed by atoms with E-state index < -0.39 is 51.7 Å². The van der Waals surface area contributed by atoms with Crippen molar-refractivity contribution in [3.05, 3.63) is 11.6 Å². The molecule has 0 heterocycles. The molecule has 0 radical (unpaired) electrons. The summed E-state index contributed by atoms with van der Waals surface area (Å²) in [4.78, 5) is 64.0. The fraction of sp³-hybridized carbons (Fsp3) is 0.750. The average Bonchev–Trinajstić information content (AvgIpc) is 2.92. The van der Waals surface area contributed by atoms with Crippen molar-refractivity contribution in [2.24, 2.45) is 39.4 Å². The zero-order valence-electron chi connectivity index (χ0n) is 22.2. The predicted molar refractivity (Wildman–Crippen MR) is 127 cm³/mol. The molecular formula is C28H38O7. The number of carbonyl (C=O) groups excluding carboxylic acids is 5. The lowest BCUT2D eigenvalue weighted by molar-refractivity contribution is -0.176. The van der Waals surface area contributed by atoms with E-state index in [0.717, 1.165) is 5.57 Å². The average molecular weight is 487 g/mol. The molecule has 192 valence electrons. The second-order valence-corrected chi connectivity index (χ2v) is 12.5. The SMILES string of the molecule is CC(=O)O[C@H]1C[C@@H]2C(=CC[C@@H]3[C@@]2(C)C(=O)C[C@]2(C)[C@@H](C(C)=O)[C@H](OC(C)=O)C[C@@]32C)C(C)(C)C1=O. The van der Waals surface area contributed by atoms with Crippen LogP contribution in [0.3, 0.4) is 0 Å². The predicted octanol–water partition coefficient (Wildman–Crippen LogP) is 4.01. The van der Waals surface area contributed by atoms with Crippen molar-refractivity contribution in [2.75, 3.05) is 0 Å². The van der Waals surface area contributed by atoms with E-state index in [4.69, 9.17) is 9.47 Å². The second-order valence-electron chi connectivity index (χ2n) is 12.5. The second kappa shape index (κ2) is 7.84. The van der Waals surface area contributed by atoms with E-state index in [2.05, 4.69) is 13.0 Å². The lowest BCUT2D eigenvalue weighted by atomic mass is 9.39. The van der Waals surface area contributed by atoms with Crippen LogP contribution < -0.4 is 0 Å². The molecule has 8 atom stereocenters.